The topological polar surface area (TPSA) is 67.2 Å². The molecule has 0 aliphatic heterocycles. The van der Waals surface area contributed by atoms with Crippen molar-refractivity contribution < 1.29 is 9.90 Å². The van der Waals surface area contributed by atoms with Crippen molar-refractivity contribution in [3.63, 3.8) is 0 Å². The molecule has 0 aromatic carbocycles. The minimum Gasteiger partial charge on any atom is -0.396 e. The predicted octanol–water partition coefficient (Wildman–Crippen LogP) is 1.02. The number of hydrogen-bond acceptors (Lipinski definition) is 3. The number of aryl methyl sites for hydroxylation is 2. The van der Waals surface area contributed by atoms with Gasteiger partial charge in [-0.1, -0.05) is 6.42 Å². The molecule has 2 rings (SSSR count). The SMILES string of the molecule is Cc1cc(C)n(CC(=O)NCC2CCCC2CO)n1. The zero-order valence-corrected chi connectivity index (χ0v) is 11.7. The lowest BCUT2D eigenvalue weighted by molar-refractivity contribution is -0.122. The highest BCUT2D eigenvalue weighted by Gasteiger charge is 2.26. The van der Waals surface area contributed by atoms with E-state index in [0.29, 0.717) is 18.4 Å². The molecule has 106 valence electrons. The molecule has 0 saturated heterocycles. The van der Waals surface area contributed by atoms with Crippen LogP contribution in [0.4, 0.5) is 0 Å². The van der Waals surface area contributed by atoms with Crippen LogP contribution in [-0.2, 0) is 11.3 Å². The highest BCUT2D eigenvalue weighted by molar-refractivity contribution is 5.75. The maximum atomic E-state index is 11.9. The molecular weight excluding hydrogens is 242 g/mol. The Morgan fingerprint density at radius 2 is 2.21 bits per heavy atom. The Kier molecular flexibility index (Phi) is 4.58. The van der Waals surface area contributed by atoms with Crippen LogP contribution in [0.1, 0.15) is 30.7 Å². The van der Waals surface area contributed by atoms with Crippen molar-refractivity contribution in [3.05, 3.63) is 17.5 Å². The molecule has 1 aromatic heterocycles. The smallest absolute Gasteiger partial charge is 0.241 e. The Bertz CT molecular complexity index is 442. The number of aliphatic hydroxyl groups is 1. The molecule has 2 unspecified atom stereocenters. The van der Waals surface area contributed by atoms with E-state index in [1.807, 2.05) is 19.9 Å². The largest absolute Gasteiger partial charge is 0.396 e. The lowest BCUT2D eigenvalue weighted by Crippen LogP contribution is -2.34. The van der Waals surface area contributed by atoms with Crippen molar-refractivity contribution in [2.75, 3.05) is 13.2 Å². The molecule has 0 spiro atoms. The van der Waals surface area contributed by atoms with E-state index in [2.05, 4.69) is 10.4 Å². The van der Waals surface area contributed by atoms with Crippen molar-refractivity contribution in [2.24, 2.45) is 11.8 Å². The first-order valence-electron chi connectivity index (χ1n) is 6.98. The molecule has 1 aliphatic carbocycles. The minimum absolute atomic E-state index is 0.00482. The van der Waals surface area contributed by atoms with E-state index in [4.69, 9.17) is 0 Å². The molecule has 2 N–H and O–H groups in total. The van der Waals surface area contributed by atoms with Crippen LogP contribution < -0.4 is 5.32 Å². The summed E-state index contributed by atoms with van der Waals surface area (Å²) in [7, 11) is 0. The summed E-state index contributed by atoms with van der Waals surface area (Å²) in [5.41, 5.74) is 1.93. The van der Waals surface area contributed by atoms with Gasteiger partial charge < -0.3 is 10.4 Å². The van der Waals surface area contributed by atoms with Crippen LogP contribution in [-0.4, -0.2) is 33.9 Å². The summed E-state index contributed by atoms with van der Waals surface area (Å²) in [5.74, 6) is 0.776. The fourth-order valence-corrected chi connectivity index (χ4v) is 2.89. The second-order valence-electron chi connectivity index (χ2n) is 5.52. The Hall–Kier alpha value is -1.36. The monoisotopic (exact) mass is 265 g/mol. The predicted molar refractivity (Wildman–Crippen MR) is 72.6 cm³/mol. The van der Waals surface area contributed by atoms with Crippen LogP contribution in [0, 0.1) is 25.7 Å². The first kappa shape index (κ1) is 14.1. The summed E-state index contributed by atoms with van der Waals surface area (Å²) < 4.78 is 1.73. The Balaban J connectivity index is 1.80. The van der Waals surface area contributed by atoms with E-state index in [1.165, 1.54) is 0 Å². The molecular formula is C14H23N3O2. The van der Waals surface area contributed by atoms with Gasteiger partial charge in [0.2, 0.25) is 5.91 Å². The third-order valence-corrected chi connectivity index (χ3v) is 4.01. The number of nitrogens with zero attached hydrogens (tertiary/aromatic N) is 2. The van der Waals surface area contributed by atoms with E-state index < -0.39 is 0 Å². The van der Waals surface area contributed by atoms with Gasteiger partial charge >= 0.3 is 0 Å². The van der Waals surface area contributed by atoms with Crippen molar-refractivity contribution in [3.8, 4) is 0 Å². The normalized spacial score (nSPS) is 22.7. The van der Waals surface area contributed by atoms with Gasteiger partial charge in [-0.15, -0.1) is 0 Å². The molecule has 19 heavy (non-hydrogen) atoms. The van der Waals surface area contributed by atoms with Crippen LogP contribution in [0.3, 0.4) is 0 Å². The van der Waals surface area contributed by atoms with Crippen LogP contribution in [0.25, 0.3) is 0 Å². The summed E-state index contributed by atoms with van der Waals surface area (Å²) >= 11 is 0. The van der Waals surface area contributed by atoms with Crippen LogP contribution >= 0.6 is 0 Å². The van der Waals surface area contributed by atoms with Crippen molar-refractivity contribution in [1.82, 2.24) is 15.1 Å². The van der Waals surface area contributed by atoms with E-state index in [9.17, 15) is 9.90 Å². The van der Waals surface area contributed by atoms with Crippen LogP contribution in [0.15, 0.2) is 6.07 Å². The van der Waals surface area contributed by atoms with Gasteiger partial charge in [-0.25, -0.2) is 0 Å². The maximum absolute atomic E-state index is 11.9. The minimum atomic E-state index is -0.00482. The number of carbonyl (C=O) groups excluding carboxylic acids is 1. The zero-order chi connectivity index (χ0) is 13.8. The van der Waals surface area contributed by atoms with E-state index >= 15 is 0 Å². The van der Waals surface area contributed by atoms with Crippen molar-refractivity contribution >= 4 is 5.91 Å². The number of hydrogen-bond donors (Lipinski definition) is 2. The van der Waals surface area contributed by atoms with Gasteiger partial charge in [-0.05, 0) is 44.6 Å². The summed E-state index contributed by atoms with van der Waals surface area (Å²) in [5, 5.41) is 16.5. The molecule has 1 fully saturated rings. The number of nitrogens with one attached hydrogen (secondary N) is 1. The van der Waals surface area contributed by atoms with Crippen LogP contribution in [0.2, 0.25) is 0 Å². The number of carbonyl (C=O) groups is 1. The summed E-state index contributed by atoms with van der Waals surface area (Å²) in [6.45, 7) is 5.05. The van der Waals surface area contributed by atoms with E-state index in [-0.39, 0.29) is 19.1 Å². The summed E-state index contributed by atoms with van der Waals surface area (Å²) in [6, 6.07) is 1.96. The second kappa shape index (κ2) is 6.19. The molecule has 0 bridgehead atoms. The average Bonchev–Trinajstić information content (AvgIpc) is 2.93. The fraction of sp³-hybridized carbons (Fsp3) is 0.714. The quantitative estimate of drug-likeness (QED) is 0.835. The van der Waals surface area contributed by atoms with Gasteiger partial charge in [0.1, 0.15) is 6.54 Å². The molecule has 1 aliphatic rings. The zero-order valence-electron chi connectivity index (χ0n) is 11.7. The Labute approximate surface area is 114 Å². The Morgan fingerprint density at radius 1 is 1.47 bits per heavy atom. The molecule has 1 aromatic rings. The summed E-state index contributed by atoms with van der Waals surface area (Å²) in [6.07, 6.45) is 3.34. The number of rotatable bonds is 5. The highest BCUT2D eigenvalue weighted by atomic mass is 16.3. The number of aliphatic hydroxyl groups excluding tert-OH is 1. The molecule has 1 heterocycles. The van der Waals surface area contributed by atoms with Gasteiger partial charge in [-0.2, -0.15) is 5.10 Å². The van der Waals surface area contributed by atoms with E-state index in [0.717, 1.165) is 30.7 Å². The van der Waals surface area contributed by atoms with Gasteiger partial charge in [0.25, 0.3) is 0 Å². The number of amides is 1. The standard InChI is InChI=1S/C14H23N3O2/c1-10-6-11(2)17(16-10)8-14(19)15-7-12-4-3-5-13(12)9-18/h6,12-13,18H,3-5,7-9H2,1-2H3,(H,15,19). The molecule has 1 amide bonds. The third kappa shape index (κ3) is 3.56. The molecule has 2 atom stereocenters. The molecule has 5 nitrogen and oxygen atoms in total. The van der Waals surface area contributed by atoms with Crippen LogP contribution in [0.5, 0.6) is 0 Å². The first-order valence-corrected chi connectivity index (χ1v) is 6.98. The van der Waals surface area contributed by atoms with Gasteiger partial charge in [0.05, 0.1) is 5.69 Å². The maximum Gasteiger partial charge on any atom is 0.241 e. The number of aromatic nitrogens is 2. The van der Waals surface area contributed by atoms with E-state index in [1.54, 1.807) is 4.68 Å². The molecule has 5 heteroatoms. The van der Waals surface area contributed by atoms with Gasteiger partial charge in [-0.3, -0.25) is 9.48 Å². The van der Waals surface area contributed by atoms with Gasteiger partial charge in [0.15, 0.2) is 0 Å². The van der Waals surface area contributed by atoms with Gasteiger partial charge in [0, 0.05) is 18.8 Å². The summed E-state index contributed by atoms with van der Waals surface area (Å²) in [4.78, 5) is 11.9. The highest BCUT2D eigenvalue weighted by Crippen LogP contribution is 2.30. The lowest BCUT2D eigenvalue weighted by Gasteiger charge is -2.17. The second-order valence-corrected chi connectivity index (χ2v) is 5.52. The lowest BCUT2D eigenvalue weighted by atomic mass is 9.97. The Morgan fingerprint density at radius 3 is 2.84 bits per heavy atom. The fourth-order valence-electron chi connectivity index (χ4n) is 2.89. The molecule has 1 saturated carbocycles. The average molecular weight is 265 g/mol. The third-order valence-electron chi connectivity index (χ3n) is 4.01. The first-order chi connectivity index (χ1) is 9.10. The molecule has 0 radical (unpaired) electrons. The van der Waals surface area contributed by atoms with Crippen molar-refractivity contribution in [2.45, 2.75) is 39.7 Å². The van der Waals surface area contributed by atoms with Crippen molar-refractivity contribution in [1.29, 1.82) is 0 Å².